The fourth-order valence-corrected chi connectivity index (χ4v) is 1.73. The molecule has 1 aromatic heterocycles. The highest BCUT2D eigenvalue weighted by molar-refractivity contribution is 5.93. The molecule has 1 aromatic rings. The molecule has 6 nitrogen and oxygen atoms in total. The summed E-state index contributed by atoms with van der Waals surface area (Å²) < 4.78 is 0. The van der Waals surface area contributed by atoms with Crippen LogP contribution in [0.3, 0.4) is 0 Å². The van der Waals surface area contributed by atoms with Crippen LogP contribution in [0.25, 0.3) is 0 Å². The van der Waals surface area contributed by atoms with Crippen molar-refractivity contribution in [2.45, 2.75) is 27.7 Å². The molecular formula is C15H23N3O3. The molecule has 0 unspecified atom stereocenters. The number of anilines is 1. The molecule has 21 heavy (non-hydrogen) atoms. The van der Waals surface area contributed by atoms with Crippen LogP contribution in [0.4, 0.5) is 5.69 Å². The van der Waals surface area contributed by atoms with E-state index in [1.807, 2.05) is 13.8 Å². The molecule has 0 saturated heterocycles. The average molecular weight is 293 g/mol. The molecule has 2 N–H and O–H groups in total. The van der Waals surface area contributed by atoms with Gasteiger partial charge in [-0.1, -0.05) is 0 Å². The zero-order chi connectivity index (χ0) is 16.0. The van der Waals surface area contributed by atoms with Crippen molar-refractivity contribution in [1.29, 1.82) is 0 Å². The van der Waals surface area contributed by atoms with Crippen LogP contribution in [0.2, 0.25) is 0 Å². The summed E-state index contributed by atoms with van der Waals surface area (Å²) in [6.07, 6.45) is 1.55. The highest BCUT2D eigenvalue weighted by Crippen LogP contribution is 2.17. The molecule has 0 spiro atoms. The van der Waals surface area contributed by atoms with Crippen molar-refractivity contribution in [3.05, 3.63) is 24.0 Å². The lowest BCUT2D eigenvalue weighted by molar-refractivity contribution is -0.146. The lowest BCUT2D eigenvalue weighted by Gasteiger charge is -2.21. The first-order valence-corrected chi connectivity index (χ1v) is 7.04. The van der Waals surface area contributed by atoms with Gasteiger partial charge in [-0.15, -0.1) is 0 Å². The molecule has 1 heterocycles. The van der Waals surface area contributed by atoms with E-state index in [1.54, 1.807) is 37.1 Å². The van der Waals surface area contributed by atoms with Gasteiger partial charge in [0.05, 0.1) is 5.41 Å². The third kappa shape index (κ3) is 4.44. The Hall–Kier alpha value is -2.11. The number of carboxylic acids is 1. The molecular weight excluding hydrogens is 270 g/mol. The lowest BCUT2D eigenvalue weighted by Crippen LogP contribution is -2.32. The van der Waals surface area contributed by atoms with Crippen LogP contribution in [0, 0.1) is 5.41 Å². The molecule has 0 aliphatic heterocycles. The number of pyridine rings is 1. The van der Waals surface area contributed by atoms with Crippen molar-refractivity contribution in [1.82, 2.24) is 9.88 Å². The van der Waals surface area contributed by atoms with Gasteiger partial charge in [-0.25, -0.2) is 0 Å². The van der Waals surface area contributed by atoms with E-state index in [0.717, 1.165) is 0 Å². The second-order valence-electron chi connectivity index (χ2n) is 5.45. The van der Waals surface area contributed by atoms with Crippen molar-refractivity contribution in [2.24, 2.45) is 5.41 Å². The molecule has 0 radical (unpaired) electrons. The molecule has 116 valence electrons. The number of carbonyl (C=O) groups is 2. The van der Waals surface area contributed by atoms with Gasteiger partial charge >= 0.3 is 5.97 Å². The number of nitrogens with zero attached hydrogens (tertiary/aromatic N) is 2. The van der Waals surface area contributed by atoms with Crippen LogP contribution < -0.4 is 5.32 Å². The van der Waals surface area contributed by atoms with E-state index < -0.39 is 11.4 Å². The Labute approximate surface area is 125 Å². The predicted octanol–water partition coefficient (Wildman–Crippen LogP) is 2.09. The van der Waals surface area contributed by atoms with E-state index in [2.05, 4.69) is 10.3 Å². The minimum Gasteiger partial charge on any atom is -0.481 e. The van der Waals surface area contributed by atoms with E-state index in [-0.39, 0.29) is 12.5 Å². The number of carboxylic acid groups (broad SMARTS) is 1. The number of aliphatic carboxylic acids is 1. The number of hydrogen-bond acceptors (Lipinski definition) is 4. The van der Waals surface area contributed by atoms with Crippen molar-refractivity contribution < 1.29 is 14.7 Å². The fraction of sp³-hybridized carbons (Fsp3) is 0.533. The molecule has 0 saturated carbocycles. The maximum Gasteiger partial charge on any atom is 0.310 e. The first-order chi connectivity index (χ1) is 9.81. The van der Waals surface area contributed by atoms with Gasteiger partial charge in [-0.3, -0.25) is 14.6 Å². The van der Waals surface area contributed by atoms with E-state index in [0.29, 0.717) is 24.5 Å². The highest BCUT2D eigenvalue weighted by Gasteiger charge is 2.26. The zero-order valence-electron chi connectivity index (χ0n) is 13.0. The maximum absolute atomic E-state index is 12.2. The van der Waals surface area contributed by atoms with E-state index in [9.17, 15) is 9.59 Å². The quantitative estimate of drug-likeness (QED) is 0.804. The van der Waals surface area contributed by atoms with Crippen LogP contribution in [-0.4, -0.2) is 46.5 Å². The molecule has 0 fully saturated rings. The molecule has 1 rings (SSSR count). The van der Waals surface area contributed by atoms with Crippen molar-refractivity contribution in [2.75, 3.05) is 25.0 Å². The SMILES string of the molecule is CCN(CC)C(=O)c1cc(NCC(C)(C)C(=O)O)ccn1. The summed E-state index contributed by atoms with van der Waals surface area (Å²) in [5.74, 6) is -0.996. The summed E-state index contributed by atoms with van der Waals surface area (Å²) in [6.45, 7) is 8.64. The Balaban J connectivity index is 2.82. The molecule has 0 aliphatic carbocycles. The maximum atomic E-state index is 12.2. The minimum atomic E-state index is -0.883. The third-order valence-corrected chi connectivity index (χ3v) is 3.34. The third-order valence-electron chi connectivity index (χ3n) is 3.34. The fourth-order valence-electron chi connectivity index (χ4n) is 1.73. The Morgan fingerprint density at radius 2 is 1.95 bits per heavy atom. The molecule has 0 bridgehead atoms. The minimum absolute atomic E-state index is 0.124. The molecule has 0 atom stereocenters. The largest absolute Gasteiger partial charge is 0.481 e. The molecule has 6 heteroatoms. The second kappa shape index (κ2) is 7.06. The molecule has 0 aromatic carbocycles. The predicted molar refractivity (Wildman–Crippen MR) is 81.4 cm³/mol. The van der Waals surface area contributed by atoms with Gasteiger partial charge in [0.1, 0.15) is 5.69 Å². The van der Waals surface area contributed by atoms with Crippen LogP contribution in [0.5, 0.6) is 0 Å². The van der Waals surface area contributed by atoms with E-state index in [4.69, 9.17) is 5.11 Å². The van der Waals surface area contributed by atoms with Gasteiger partial charge in [-0.05, 0) is 39.8 Å². The van der Waals surface area contributed by atoms with Gasteiger partial charge in [0.2, 0.25) is 0 Å². The Bertz CT molecular complexity index is 511. The summed E-state index contributed by atoms with van der Waals surface area (Å²) in [5, 5.41) is 12.1. The monoisotopic (exact) mass is 293 g/mol. The normalized spacial score (nSPS) is 11.0. The van der Waals surface area contributed by atoms with Gasteiger partial charge in [0.25, 0.3) is 5.91 Å². The van der Waals surface area contributed by atoms with E-state index in [1.165, 1.54) is 0 Å². The standard InChI is InChI=1S/C15H23N3O3/c1-5-18(6-2)13(19)12-9-11(7-8-16-12)17-10-15(3,4)14(20)21/h7-9H,5-6,10H2,1-4H3,(H,16,17)(H,20,21). The average Bonchev–Trinajstić information content (AvgIpc) is 2.46. The first-order valence-electron chi connectivity index (χ1n) is 7.04. The number of amides is 1. The van der Waals surface area contributed by atoms with Crippen LogP contribution in [0.15, 0.2) is 18.3 Å². The smallest absolute Gasteiger partial charge is 0.310 e. The van der Waals surface area contributed by atoms with Crippen LogP contribution >= 0.6 is 0 Å². The van der Waals surface area contributed by atoms with Gasteiger partial charge in [0, 0.05) is 31.5 Å². The molecule has 1 amide bonds. The van der Waals surface area contributed by atoms with Gasteiger partial charge in [0.15, 0.2) is 0 Å². The number of rotatable bonds is 7. The van der Waals surface area contributed by atoms with Crippen molar-refractivity contribution in [3.8, 4) is 0 Å². The number of nitrogens with one attached hydrogen (secondary N) is 1. The van der Waals surface area contributed by atoms with Crippen molar-refractivity contribution in [3.63, 3.8) is 0 Å². The van der Waals surface area contributed by atoms with Crippen LogP contribution in [0.1, 0.15) is 38.2 Å². The Morgan fingerprint density at radius 3 is 2.48 bits per heavy atom. The molecule has 0 aliphatic rings. The number of aromatic nitrogens is 1. The second-order valence-corrected chi connectivity index (χ2v) is 5.45. The summed E-state index contributed by atoms with van der Waals surface area (Å²) in [5.41, 5.74) is 0.165. The summed E-state index contributed by atoms with van der Waals surface area (Å²) >= 11 is 0. The first kappa shape index (κ1) is 16.9. The van der Waals surface area contributed by atoms with Gasteiger partial charge in [-0.2, -0.15) is 0 Å². The number of carbonyl (C=O) groups excluding carboxylic acids is 1. The van der Waals surface area contributed by atoms with E-state index >= 15 is 0 Å². The van der Waals surface area contributed by atoms with Gasteiger partial charge < -0.3 is 15.3 Å². The zero-order valence-corrected chi connectivity index (χ0v) is 13.0. The lowest BCUT2D eigenvalue weighted by atomic mass is 9.94. The van der Waals surface area contributed by atoms with Crippen molar-refractivity contribution >= 4 is 17.6 Å². The summed E-state index contributed by atoms with van der Waals surface area (Å²) in [6, 6.07) is 3.37. The Morgan fingerprint density at radius 1 is 1.33 bits per heavy atom. The highest BCUT2D eigenvalue weighted by atomic mass is 16.4. The Kier molecular flexibility index (Phi) is 5.69. The topological polar surface area (TPSA) is 82.5 Å². The number of hydrogen-bond donors (Lipinski definition) is 2. The summed E-state index contributed by atoms with van der Waals surface area (Å²) in [7, 11) is 0. The summed E-state index contributed by atoms with van der Waals surface area (Å²) in [4.78, 5) is 29.1. The van der Waals surface area contributed by atoms with Crippen LogP contribution in [-0.2, 0) is 4.79 Å².